The first-order valence-electron chi connectivity index (χ1n) is 9.03. The Kier molecular flexibility index (Phi) is 11.5. The van der Waals surface area contributed by atoms with Crippen LogP contribution < -0.4 is 11.1 Å². The number of nitrogens with zero attached hydrogens (tertiary/aromatic N) is 1. The lowest BCUT2D eigenvalue weighted by Gasteiger charge is -2.19. The number of aryl methyl sites for hydroxylation is 2. The SMILES string of the molecule is Cc1ccc(NC(N)=NCCCCCCC(=O)OC(C)(C)C)cc1C.I. The van der Waals surface area contributed by atoms with Gasteiger partial charge in [-0.3, -0.25) is 9.79 Å². The van der Waals surface area contributed by atoms with Crippen LogP contribution in [0.2, 0.25) is 0 Å². The van der Waals surface area contributed by atoms with Gasteiger partial charge in [-0.2, -0.15) is 0 Å². The van der Waals surface area contributed by atoms with Crippen molar-refractivity contribution < 1.29 is 9.53 Å². The van der Waals surface area contributed by atoms with E-state index in [2.05, 4.69) is 36.3 Å². The van der Waals surface area contributed by atoms with Crippen molar-refractivity contribution >= 4 is 41.6 Å². The summed E-state index contributed by atoms with van der Waals surface area (Å²) in [6.45, 7) is 10.5. The Morgan fingerprint density at radius 3 is 2.38 bits per heavy atom. The average molecular weight is 475 g/mol. The molecule has 0 unspecified atom stereocenters. The van der Waals surface area contributed by atoms with Gasteiger partial charge >= 0.3 is 5.97 Å². The molecule has 0 aromatic heterocycles. The van der Waals surface area contributed by atoms with Crippen LogP contribution in [0, 0.1) is 13.8 Å². The topological polar surface area (TPSA) is 76.7 Å². The molecule has 0 aliphatic heterocycles. The highest BCUT2D eigenvalue weighted by molar-refractivity contribution is 14.0. The summed E-state index contributed by atoms with van der Waals surface area (Å²) in [4.78, 5) is 15.9. The first kappa shape index (κ1) is 24.7. The number of halogens is 1. The Morgan fingerprint density at radius 2 is 1.77 bits per heavy atom. The Morgan fingerprint density at radius 1 is 1.12 bits per heavy atom. The zero-order valence-electron chi connectivity index (χ0n) is 16.7. The van der Waals surface area contributed by atoms with Gasteiger partial charge in [0.05, 0.1) is 0 Å². The van der Waals surface area contributed by atoms with Crippen LogP contribution in [0.1, 0.15) is 64.0 Å². The van der Waals surface area contributed by atoms with E-state index in [0.29, 0.717) is 18.9 Å². The molecule has 0 spiro atoms. The number of unbranched alkanes of at least 4 members (excludes halogenated alkanes) is 3. The number of carbonyl (C=O) groups is 1. The number of ether oxygens (including phenoxy) is 1. The molecular formula is C20H34IN3O2. The molecule has 0 saturated carbocycles. The smallest absolute Gasteiger partial charge is 0.306 e. The normalized spacial score (nSPS) is 11.7. The van der Waals surface area contributed by atoms with Crippen LogP contribution in [0.25, 0.3) is 0 Å². The molecule has 0 aliphatic rings. The summed E-state index contributed by atoms with van der Waals surface area (Å²) < 4.78 is 5.28. The number of carbonyl (C=O) groups excluding carboxylic acids is 1. The van der Waals surface area contributed by atoms with Crippen LogP contribution in [-0.4, -0.2) is 24.1 Å². The first-order valence-corrected chi connectivity index (χ1v) is 9.03. The molecule has 148 valence electrons. The summed E-state index contributed by atoms with van der Waals surface area (Å²) in [5.41, 5.74) is 8.96. The highest BCUT2D eigenvalue weighted by Gasteiger charge is 2.15. The van der Waals surface area contributed by atoms with E-state index in [1.165, 1.54) is 11.1 Å². The molecule has 0 atom stereocenters. The number of esters is 1. The summed E-state index contributed by atoms with van der Waals surface area (Å²) in [7, 11) is 0. The molecule has 0 amide bonds. The molecule has 1 aromatic carbocycles. The zero-order chi connectivity index (χ0) is 18.9. The first-order chi connectivity index (χ1) is 11.7. The molecule has 0 aliphatic carbocycles. The van der Waals surface area contributed by atoms with Gasteiger partial charge in [0.15, 0.2) is 5.96 Å². The summed E-state index contributed by atoms with van der Waals surface area (Å²) in [6.07, 6.45) is 4.33. The number of benzene rings is 1. The van der Waals surface area contributed by atoms with Crippen molar-refractivity contribution in [1.29, 1.82) is 0 Å². The molecule has 1 rings (SSSR count). The largest absolute Gasteiger partial charge is 0.460 e. The van der Waals surface area contributed by atoms with E-state index in [9.17, 15) is 4.79 Å². The maximum atomic E-state index is 11.6. The van der Waals surface area contributed by atoms with Gasteiger partial charge in [0.25, 0.3) is 0 Å². The van der Waals surface area contributed by atoms with Crippen LogP contribution >= 0.6 is 24.0 Å². The van der Waals surface area contributed by atoms with E-state index in [4.69, 9.17) is 10.5 Å². The van der Waals surface area contributed by atoms with Gasteiger partial charge in [-0.05, 0) is 70.7 Å². The summed E-state index contributed by atoms with van der Waals surface area (Å²) in [5.74, 6) is 0.323. The molecule has 1 aromatic rings. The minimum atomic E-state index is -0.397. The van der Waals surface area contributed by atoms with Crippen molar-refractivity contribution in [3.8, 4) is 0 Å². The minimum absolute atomic E-state index is 0. The zero-order valence-corrected chi connectivity index (χ0v) is 19.1. The maximum absolute atomic E-state index is 11.6. The number of rotatable bonds is 8. The molecule has 3 N–H and O–H groups in total. The fraction of sp³-hybridized carbons (Fsp3) is 0.600. The second kappa shape index (κ2) is 12.1. The van der Waals surface area contributed by atoms with E-state index in [1.54, 1.807) is 0 Å². The molecule has 0 saturated heterocycles. The van der Waals surface area contributed by atoms with Crippen molar-refractivity contribution in [1.82, 2.24) is 0 Å². The quantitative estimate of drug-likeness (QED) is 0.184. The summed E-state index contributed by atoms with van der Waals surface area (Å²) in [6, 6.07) is 6.13. The van der Waals surface area contributed by atoms with E-state index in [-0.39, 0.29) is 29.9 Å². The van der Waals surface area contributed by atoms with E-state index >= 15 is 0 Å². The van der Waals surface area contributed by atoms with Crippen LogP contribution in [0.3, 0.4) is 0 Å². The standard InChI is InChI=1S/C20H33N3O2.HI/c1-15-11-12-17(14-16(15)2)23-19(21)22-13-9-7-6-8-10-18(24)25-20(3,4)5;/h11-12,14H,6-10,13H2,1-5H3,(H3,21,22,23);1H. The van der Waals surface area contributed by atoms with Gasteiger partial charge in [-0.1, -0.05) is 18.9 Å². The lowest BCUT2D eigenvalue weighted by molar-refractivity contribution is -0.154. The molecule has 5 nitrogen and oxygen atoms in total. The van der Waals surface area contributed by atoms with E-state index in [1.807, 2.05) is 26.8 Å². The summed E-state index contributed by atoms with van der Waals surface area (Å²) in [5, 5.41) is 3.12. The Balaban J connectivity index is 0.00000625. The van der Waals surface area contributed by atoms with Crippen molar-refractivity contribution in [2.45, 2.75) is 72.3 Å². The van der Waals surface area contributed by atoms with E-state index in [0.717, 1.165) is 31.4 Å². The second-order valence-electron chi connectivity index (χ2n) is 7.44. The predicted molar refractivity (Wildman–Crippen MR) is 120 cm³/mol. The second-order valence-corrected chi connectivity index (χ2v) is 7.44. The molecule has 0 heterocycles. The van der Waals surface area contributed by atoms with Crippen LogP contribution in [0.15, 0.2) is 23.2 Å². The minimum Gasteiger partial charge on any atom is -0.460 e. The Hall–Kier alpha value is -1.31. The Labute approximate surface area is 175 Å². The fourth-order valence-corrected chi connectivity index (χ4v) is 2.33. The van der Waals surface area contributed by atoms with Crippen molar-refractivity contribution in [2.75, 3.05) is 11.9 Å². The number of nitrogens with two attached hydrogens (primary N) is 1. The fourth-order valence-electron chi connectivity index (χ4n) is 2.33. The number of aliphatic imine (C=N–C) groups is 1. The van der Waals surface area contributed by atoms with Crippen molar-refractivity contribution in [2.24, 2.45) is 10.7 Å². The highest BCUT2D eigenvalue weighted by Crippen LogP contribution is 2.14. The predicted octanol–water partition coefficient (Wildman–Crippen LogP) is 4.94. The molecule has 6 heteroatoms. The lowest BCUT2D eigenvalue weighted by Crippen LogP contribution is -2.23. The number of nitrogens with one attached hydrogen (secondary N) is 1. The van der Waals surface area contributed by atoms with Gasteiger partial charge in [-0.25, -0.2) is 0 Å². The van der Waals surface area contributed by atoms with Crippen molar-refractivity contribution in [3.63, 3.8) is 0 Å². The third kappa shape index (κ3) is 11.3. The van der Waals surface area contributed by atoms with Crippen molar-refractivity contribution in [3.05, 3.63) is 29.3 Å². The number of guanidine groups is 1. The van der Waals surface area contributed by atoms with Gasteiger partial charge < -0.3 is 15.8 Å². The number of anilines is 1. The highest BCUT2D eigenvalue weighted by atomic mass is 127. The molecule has 26 heavy (non-hydrogen) atoms. The Bertz CT molecular complexity index is 595. The lowest BCUT2D eigenvalue weighted by atomic mass is 10.1. The monoisotopic (exact) mass is 475 g/mol. The van der Waals surface area contributed by atoms with Gasteiger partial charge in [0.1, 0.15) is 5.60 Å². The number of hydrogen-bond acceptors (Lipinski definition) is 3. The third-order valence-electron chi connectivity index (χ3n) is 3.77. The molecule has 0 bridgehead atoms. The van der Waals surface area contributed by atoms with Crippen LogP contribution in [0.5, 0.6) is 0 Å². The van der Waals surface area contributed by atoms with Crippen LogP contribution in [0.4, 0.5) is 5.69 Å². The maximum Gasteiger partial charge on any atom is 0.306 e. The summed E-state index contributed by atoms with van der Waals surface area (Å²) >= 11 is 0. The van der Waals surface area contributed by atoms with Gasteiger partial charge in [0.2, 0.25) is 0 Å². The van der Waals surface area contributed by atoms with Crippen LogP contribution in [-0.2, 0) is 9.53 Å². The molecular weight excluding hydrogens is 441 g/mol. The van der Waals surface area contributed by atoms with Gasteiger partial charge in [-0.15, -0.1) is 24.0 Å². The number of hydrogen-bond donors (Lipinski definition) is 2. The van der Waals surface area contributed by atoms with Gasteiger partial charge in [0, 0.05) is 18.7 Å². The average Bonchev–Trinajstić information content (AvgIpc) is 2.48. The van der Waals surface area contributed by atoms with E-state index < -0.39 is 5.60 Å². The third-order valence-corrected chi connectivity index (χ3v) is 3.77. The molecule has 0 radical (unpaired) electrons. The molecule has 0 fully saturated rings.